The van der Waals surface area contributed by atoms with Crippen LogP contribution in [-0.4, -0.2) is 52.3 Å². The first-order chi connectivity index (χ1) is 10.3. The van der Waals surface area contributed by atoms with Crippen molar-refractivity contribution in [1.29, 1.82) is 0 Å². The zero-order chi connectivity index (χ0) is 14.3. The lowest BCUT2D eigenvalue weighted by Crippen LogP contribution is -2.47. The summed E-state index contributed by atoms with van der Waals surface area (Å²) in [6.45, 7) is 2.65. The molecule has 0 unspecified atom stereocenters. The first-order valence-corrected chi connectivity index (χ1v) is 7.26. The zero-order valence-corrected chi connectivity index (χ0v) is 11.7. The van der Waals surface area contributed by atoms with Crippen LogP contribution in [0.5, 0.6) is 0 Å². The molecule has 2 fully saturated rings. The quantitative estimate of drug-likeness (QED) is 0.793. The molecule has 0 N–H and O–H groups in total. The van der Waals surface area contributed by atoms with Gasteiger partial charge in [-0.1, -0.05) is 0 Å². The molecule has 0 bridgehead atoms. The monoisotopic (exact) mass is 287 g/mol. The Kier molecular flexibility index (Phi) is 2.94. The molecular weight excluding hydrogens is 270 g/mol. The number of hydrogen-bond acceptors (Lipinski definition) is 4. The van der Waals surface area contributed by atoms with Gasteiger partial charge in [-0.25, -0.2) is 4.98 Å². The van der Waals surface area contributed by atoms with Gasteiger partial charge in [0.05, 0.1) is 18.8 Å². The highest BCUT2D eigenvalue weighted by Crippen LogP contribution is 2.31. The summed E-state index contributed by atoms with van der Waals surface area (Å²) >= 11 is 0. The number of carbonyl (C=O) groups excluding carboxylic acids is 1. The van der Waals surface area contributed by atoms with Crippen molar-refractivity contribution >= 4 is 11.6 Å². The number of nitrogens with zero attached hydrogens (tertiary/aromatic N) is 3. The predicted molar refractivity (Wildman–Crippen MR) is 75.0 cm³/mol. The molecule has 2 aromatic heterocycles. The lowest BCUT2D eigenvalue weighted by Gasteiger charge is -2.37. The minimum Gasteiger partial charge on any atom is -0.347 e. The van der Waals surface area contributed by atoms with Gasteiger partial charge in [0.25, 0.3) is 5.91 Å². The van der Waals surface area contributed by atoms with Crippen LogP contribution in [0, 0.1) is 0 Å². The SMILES string of the molecule is O=C(c1ccc2nccn2c1)N1CCC2(CC1)OCCO2. The average molecular weight is 287 g/mol. The number of rotatable bonds is 1. The van der Waals surface area contributed by atoms with E-state index in [0.29, 0.717) is 31.9 Å². The third-order valence-corrected chi connectivity index (χ3v) is 4.26. The minimum atomic E-state index is -0.439. The molecule has 1 spiro atoms. The molecule has 110 valence electrons. The summed E-state index contributed by atoms with van der Waals surface area (Å²) in [7, 11) is 0. The van der Waals surface area contributed by atoms with Gasteiger partial charge >= 0.3 is 0 Å². The molecule has 0 radical (unpaired) electrons. The molecule has 2 aliphatic rings. The Morgan fingerprint density at radius 1 is 1.19 bits per heavy atom. The van der Waals surface area contributed by atoms with Gasteiger partial charge in [-0.15, -0.1) is 0 Å². The lowest BCUT2D eigenvalue weighted by atomic mass is 10.0. The van der Waals surface area contributed by atoms with E-state index in [9.17, 15) is 4.79 Å². The normalized spacial score (nSPS) is 21.2. The maximum absolute atomic E-state index is 12.6. The van der Waals surface area contributed by atoms with Crippen LogP contribution >= 0.6 is 0 Å². The van der Waals surface area contributed by atoms with E-state index in [1.807, 2.05) is 33.8 Å². The summed E-state index contributed by atoms with van der Waals surface area (Å²) in [5, 5.41) is 0. The minimum absolute atomic E-state index is 0.0541. The molecule has 2 aromatic rings. The fourth-order valence-electron chi connectivity index (χ4n) is 3.07. The molecule has 0 aromatic carbocycles. The number of likely N-dealkylation sites (tertiary alicyclic amines) is 1. The van der Waals surface area contributed by atoms with Crippen LogP contribution < -0.4 is 0 Å². The van der Waals surface area contributed by atoms with E-state index in [0.717, 1.165) is 18.5 Å². The lowest BCUT2D eigenvalue weighted by molar-refractivity contribution is -0.181. The van der Waals surface area contributed by atoms with E-state index in [2.05, 4.69) is 4.98 Å². The Morgan fingerprint density at radius 2 is 1.95 bits per heavy atom. The van der Waals surface area contributed by atoms with Crippen LogP contribution in [0.25, 0.3) is 5.65 Å². The second-order valence-electron chi connectivity index (χ2n) is 5.51. The van der Waals surface area contributed by atoms with E-state index in [1.54, 1.807) is 6.20 Å². The fraction of sp³-hybridized carbons (Fsp3) is 0.467. The molecule has 1 amide bonds. The highest BCUT2D eigenvalue weighted by molar-refractivity contribution is 5.94. The van der Waals surface area contributed by atoms with Crippen molar-refractivity contribution in [3.63, 3.8) is 0 Å². The van der Waals surface area contributed by atoms with Crippen LogP contribution in [0.3, 0.4) is 0 Å². The maximum atomic E-state index is 12.6. The maximum Gasteiger partial charge on any atom is 0.255 e. The van der Waals surface area contributed by atoms with E-state index >= 15 is 0 Å². The smallest absolute Gasteiger partial charge is 0.255 e. The van der Waals surface area contributed by atoms with Crippen LogP contribution in [-0.2, 0) is 9.47 Å². The fourth-order valence-corrected chi connectivity index (χ4v) is 3.07. The van der Waals surface area contributed by atoms with Crippen molar-refractivity contribution in [2.75, 3.05) is 26.3 Å². The Hall–Kier alpha value is -1.92. The van der Waals surface area contributed by atoms with E-state index in [1.165, 1.54) is 0 Å². The molecule has 4 heterocycles. The molecule has 4 rings (SSSR count). The molecule has 21 heavy (non-hydrogen) atoms. The second kappa shape index (κ2) is 4.82. The van der Waals surface area contributed by atoms with Crippen LogP contribution in [0.2, 0.25) is 0 Å². The van der Waals surface area contributed by atoms with Gasteiger partial charge in [0.2, 0.25) is 0 Å². The van der Waals surface area contributed by atoms with Crippen LogP contribution in [0.1, 0.15) is 23.2 Å². The van der Waals surface area contributed by atoms with Gasteiger partial charge in [0.15, 0.2) is 5.79 Å². The van der Waals surface area contributed by atoms with Gasteiger partial charge in [0, 0.05) is 44.5 Å². The van der Waals surface area contributed by atoms with E-state index in [4.69, 9.17) is 9.47 Å². The largest absolute Gasteiger partial charge is 0.347 e. The van der Waals surface area contributed by atoms with Gasteiger partial charge in [-0.2, -0.15) is 0 Å². The van der Waals surface area contributed by atoms with Crippen LogP contribution in [0.15, 0.2) is 30.7 Å². The third kappa shape index (κ3) is 2.20. The summed E-state index contributed by atoms with van der Waals surface area (Å²) in [5.74, 6) is -0.385. The summed E-state index contributed by atoms with van der Waals surface area (Å²) in [5.41, 5.74) is 1.53. The number of amides is 1. The van der Waals surface area contributed by atoms with Gasteiger partial charge < -0.3 is 18.8 Å². The predicted octanol–water partition coefficient (Wildman–Crippen LogP) is 1.31. The van der Waals surface area contributed by atoms with Gasteiger partial charge in [0.1, 0.15) is 5.65 Å². The third-order valence-electron chi connectivity index (χ3n) is 4.26. The van der Waals surface area contributed by atoms with Gasteiger partial charge in [-0.3, -0.25) is 4.79 Å². The number of piperidine rings is 1. The summed E-state index contributed by atoms with van der Waals surface area (Å²) in [6, 6.07) is 3.69. The van der Waals surface area contributed by atoms with Crippen molar-refractivity contribution in [1.82, 2.24) is 14.3 Å². The Balaban J connectivity index is 1.50. The van der Waals surface area contributed by atoms with Crippen molar-refractivity contribution in [3.05, 3.63) is 36.3 Å². The number of ether oxygens (including phenoxy) is 2. The molecule has 2 aliphatic heterocycles. The molecule has 0 aliphatic carbocycles. The Labute approximate surface area is 122 Å². The number of pyridine rings is 1. The second-order valence-corrected chi connectivity index (χ2v) is 5.51. The zero-order valence-electron chi connectivity index (χ0n) is 11.7. The number of aromatic nitrogens is 2. The molecule has 6 nitrogen and oxygen atoms in total. The summed E-state index contributed by atoms with van der Waals surface area (Å²) in [6.07, 6.45) is 6.89. The first kappa shape index (κ1) is 12.8. The summed E-state index contributed by atoms with van der Waals surface area (Å²) < 4.78 is 13.2. The van der Waals surface area contributed by atoms with E-state index in [-0.39, 0.29) is 5.91 Å². The molecular formula is C15H17N3O3. The summed E-state index contributed by atoms with van der Waals surface area (Å²) in [4.78, 5) is 18.6. The van der Waals surface area contributed by atoms with Crippen molar-refractivity contribution in [2.45, 2.75) is 18.6 Å². The highest BCUT2D eigenvalue weighted by atomic mass is 16.7. The molecule has 0 saturated carbocycles. The number of carbonyl (C=O) groups is 1. The Morgan fingerprint density at radius 3 is 2.71 bits per heavy atom. The average Bonchev–Trinajstić information content (AvgIpc) is 3.16. The van der Waals surface area contributed by atoms with Crippen LogP contribution in [0.4, 0.5) is 0 Å². The molecule has 0 atom stereocenters. The number of imidazole rings is 1. The topological polar surface area (TPSA) is 56.1 Å². The Bertz CT molecular complexity index is 666. The number of hydrogen-bond donors (Lipinski definition) is 0. The molecule has 2 saturated heterocycles. The van der Waals surface area contributed by atoms with E-state index < -0.39 is 5.79 Å². The first-order valence-electron chi connectivity index (χ1n) is 7.26. The van der Waals surface area contributed by atoms with Crippen molar-refractivity contribution in [3.8, 4) is 0 Å². The van der Waals surface area contributed by atoms with Crippen molar-refractivity contribution in [2.24, 2.45) is 0 Å². The van der Waals surface area contributed by atoms with Gasteiger partial charge in [-0.05, 0) is 12.1 Å². The number of fused-ring (bicyclic) bond motifs is 1. The standard InChI is InChI=1S/C15H17N3O3/c19-14(12-1-2-13-16-5-8-18(13)11-12)17-6-3-15(4-7-17)20-9-10-21-15/h1-2,5,8,11H,3-4,6-7,9-10H2. The van der Waals surface area contributed by atoms with Crippen molar-refractivity contribution < 1.29 is 14.3 Å². The molecule has 6 heteroatoms. The highest BCUT2D eigenvalue weighted by Gasteiger charge is 2.40.